The molecule has 108 valence electrons. The molecule has 6 heteroatoms. The molecule has 0 aliphatic carbocycles. The lowest BCUT2D eigenvalue weighted by molar-refractivity contribution is -0.385. The van der Waals surface area contributed by atoms with Crippen LogP contribution in [0.1, 0.15) is 21.5 Å². The number of nitrogens with one attached hydrogen (secondary N) is 1. The van der Waals surface area contributed by atoms with E-state index in [2.05, 4.69) is 5.32 Å². The summed E-state index contributed by atoms with van der Waals surface area (Å²) in [6, 6.07) is 9.75. The summed E-state index contributed by atoms with van der Waals surface area (Å²) < 4.78 is 0. The largest absolute Gasteiger partial charge is 0.322 e. The van der Waals surface area contributed by atoms with Crippen molar-refractivity contribution < 1.29 is 9.72 Å². The minimum atomic E-state index is -0.652. The van der Waals surface area contributed by atoms with Crippen molar-refractivity contribution in [2.24, 2.45) is 0 Å². The molecule has 0 saturated carbocycles. The van der Waals surface area contributed by atoms with E-state index in [0.29, 0.717) is 5.69 Å². The SMILES string of the molecule is Cc1cccc(NC(=O)c2cccc(Cl)c2[N+](=O)[O-])c1C. The monoisotopic (exact) mass is 304 g/mol. The van der Waals surface area contributed by atoms with Crippen LogP contribution in [0.2, 0.25) is 5.02 Å². The van der Waals surface area contributed by atoms with Crippen molar-refractivity contribution in [3.05, 3.63) is 68.2 Å². The van der Waals surface area contributed by atoms with Crippen LogP contribution in [0.25, 0.3) is 0 Å². The second-order valence-electron chi connectivity index (χ2n) is 4.59. The molecule has 1 amide bonds. The van der Waals surface area contributed by atoms with E-state index in [-0.39, 0.29) is 16.3 Å². The molecule has 0 aliphatic heterocycles. The molecule has 5 nitrogen and oxygen atoms in total. The Morgan fingerprint density at radius 2 is 1.86 bits per heavy atom. The number of nitro groups is 1. The van der Waals surface area contributed by atoms with Gasteiger partial charge in [-0.05, 0) is 43.2 Å². The van der Waals surface area contributed by atoms with Gasteiger partial charge in [-0.15, -0.1) is 0 Å². The van der Waals surface area contributed by atoms with E-state index >= 15 is 0 Å². The molecule has 1 N–H and O–H groups in total. The quantitative estimate of drug-likeness (QED) is 0.685. The van der Waals surface area contributed by atoms with Crippen LogP contribution in [0, 0.1) is 24.0 Å². The van der Waals surface area contributed by atoms with Gasteiger partial charge in [0.05, 0.1) is 4.92 Å². The lowest BCUT2D eigenvalue weighted by Gasteiger charge is -2.10. The fraction of sp³-hybridized carbons (Fsp3) is 0.133. The highest BCUT2D eigenvalue weighted by molar-refractivity contribution is 6.33. The summed E-state index contributed by atoms with van der Waals surface area (Å²) >= 11 is 5.81. The van der Waals surface area contributed by atoms with Crippen LogP contribution >= 0.6 is 11.6 Å². The van der Waals surface area contributed by atoms with Gasteiger partial charge in [0.1, 0.15) is 10.6 Å². The van der Waals surface area contributed by atoms with Crippen LogP contribution in [0.4, 0.5) is 11.4 Å². The smallest absolute Gasteiger partial charge is 0.300 e. The topological polar surface area (TPSA) is 72.2 Å². The number of hydrogen-bond acceptors (Lipinski definition) is 3. The van der Waals surface area contributed by atoms with Crippen LogP contribution in [-0.4, -0.2) is 10.8 Å². The third-order valence-corrected chi connectivity index (χ3v) is 3.57. The number of hydrogen-bond donors (Lipinski definition) is 1. The van der Waals surface area contributed by atoms with E-state index in [1.807, 2.05) is 26.0 Å². The summed E-state index contributed by atoms with van der Waals surface area (Å²) in [5.41, 5.74) is 2.11. The molecule has 0 unspecified atom stereocenters. The number of amides is 1. The predicted molar refractivity (Wildman–Crippen MR) is 82.0 cm³/mol. The number of nitrogens with zero attached hydrogens (tertiary/aromatic N) is 1. The second kappa shape index (κ2) is 5.93. The van der Waals surface area contributed by atoms with E-state index < -0.39 is 10.8 Å². The zero-order valence-electron chi connectivity index (χ0n) is 11.5. The van der Waals surface area contributed by atoms with E-state index in [9.17, 15) is 14.9 Å². The lowest BCUT2D eigenvalue weighted by Crippen LogP contribution is -2.15. The normalized spacial score (nSPS) is 10.2. The summed E-state index contributed by atoms with van der Waals surface area (Å²) in [4.78, 5) is 22.7. The number of anilines is 1. The fourth-order valence-electron chi connectivity index (χ4n) is 1.96. The third kappa shape index (κ3) is 3.03. The summed E-state index contributed by atoms with van der Waals surface area (Å²) in [7, 11) is 0. The van der Waals surface area contributed by atoms with Crippen LogP contribution in [-0.2, 0) is 0 Å². The molecule has 0 aliphatic rings. The molecular formula is C15H13ClN2O3. The van der Waals surface area contributed by atoms with Crippen LogP contribution in [0.5, 0.6) is 0 Å². The van der Waals surface area contributed by atoms with Gasteiger partial charge in [-0.1, -0.05) is 29.8 Å². The Hall–Kier alpha value is -2.40. The number of para-hydroxylation sites is 1. The zero-order chi connectivity index (χ0) is 15.6. The number of benzene rings is 2. The Bertz CT molecular complexity index is 729. The zero-order valence-corrected chi connectivity index (χ0v) is 12.3. The molecular weight excluding hydrogens is 292 g/mol. The number of carbonyl (C=O) groups excluding carboxylic acids is 1. The molecule has 0 fully saturated rings. The number of aryl methyl sites for hydroxylation is 1. The lowest BCUT2D eigenvalue weighted by atomic mass is 10.1. The van der Waals surface area contributed by atoms with Crippen molar-refractivity contribution in [1.29, 1.82) is 0 Å². The van der Waals surface area contributed by atoms with Gasteiger partial charge in [0, 0.05) is 5.69 Å². The standard InChI is InChI=1S/C15H13ClN2O3/c1-9-5-3-8-13(10(9)2)17-15(19)11-6-4-7-12(16)14(11)18(20)21/h3-8H,1-2H3,(H,17,19). The first-order valence-electron chi connectivity index (χ1n) is 6.22. The highest BCUT2D eigenvalue weighted by Crippen LogP contribution is 2.29. The molecule has 0 atom stereocenters. The van der Waals surface area contributed by atoms with Gasteiger partial charge in [0.2, 0.25) is 0 Å². The van der Waals surface area contributed by atoms with Gasteiger partial charge in [-0.3, -0.25) is 14.9 Å². The first kappa shape index (κ1) is 15.0. The van der Waals surface area contributed by atoms with Gasteiger partial charge in [0.15, 0.2) is 0 Å². The van der Waals surface area contributed by atoms with Gasteiger partial charge in [-0.25, -0.2) is 0 Å². The van der Waals surface area contributed by atoms with Crippen molar-refractivity contribution in [2.45, 2.75) is 13.8 Å². The van der Waals surface area contributed by atoms with E-state index in [0.717, 1.165) is 11.1 Å². The van der Waals surface area contributed by atoms with E-state index in [4.69, 9.17) is 11.6 Å². The molecule has 2 aromatic carbocycles. The molecule has 0 spiro atoms. The van der Waals surface area contributed by atoms with Crippen LogP contribution < -0.4 is 5.32 Å². The van der Waals surface area contributed by atoms with Gasteiger partial charge >= 0.3 is 5.69 Å². The Balaban J connectivity index is 2.40. The average molecular weight is 305 g/mol. The van der Waals surface area contributed by atoms with Crippen LogP contribution in [0.3, 0.4) is 0 Å². The number of nitro benzene ring substituents is 1. The molecule has 0 heterocycles. The third-order valence-electron chi connectivity index (χ3n) is 3.27. The van der Waals surface area contributed by atoms with Crippen LogP contribution in [0.15, 0.2) is 36.4 Å². The minimum absolute atomic E-state index is 0.0615. The number of rotatable bonds is 3. The van der Waals surface area contributed by atoms with Crippen molar-refractivity contribution in [3.8, 4) is 0 Å². The first-order chi connectivity index (χ1) is 9.91. The Morgan fingerprint density at radius 3 is 2.52 bits per heavy atom. The molecule has 2 rings (SSSR count). The van der Waals surface area contributed by atoms with Crippen molar-refractivity contribution in [1.82, 2.24) is 0 Å². The average Bonchev–Trinajstić information content (AvgIpc) is 2.43. The minimum Gasteiger partial charge on any atom is -0.322 e. The first-order valence-corrected chi connectivity index (χ1v) is 6.60. The Morgan fingerprint density at radius 1 is 1.19 bits per heavy atom. The summed E-state index contributed by atoms with van der Waals surface area (Å²) in [6.07, 6.45) is 0. The molecule has 0 aromatic heterocycles. The van der Waals surface area contributed by atoms with Crippen molar-refractivity contribution in [2.75, 3.05) is 5.32 Å². The second-order valence-corrected chi connectivity index (χ2v) is 5.00. The fourth-order valence-corrected chi connectivity index (χ4v) is 2.20. The van der Waals surface area contributed by atoms with Gasteiger partial charge < -0.3 is 5.32 Å². The highest BCUT2D eigenvalue weighted by atomic mass is 35.5. The van der Waals surface area contributed by atoms with Crippen molar-refractivity contribution in [3.63, 3.8) is 0 Å². The summed E-state index contributed by atoms with van der Waals surface area (Å²) in [6.45, 7) is 3.80. The summed E-state index contributed by atoms with van der Waals surface area (Å²) in [5, 5.41) is 13.7. The molecule has 0 saturated heterocycles. The predicted octanol–water partition coefficient (Wildman–Crippen LogP) is 4.12. The Kier molecular flexibility index (Phi) is 4.23. The summed E-state index contributed by atoms with van der Waals surface area (Å²) in [5.74, 6) is -0.557. The van der Waals surface area contributed by atoms with Gasteiger partial charge in [-0.2, -0.15) is 0 Å². The maximum Gasteiger partial charge on any atom is 0.300 e. The van der Waals surface area contributed by atoms with E-state index in [1.165, 1.54) is 18.2 Å². The van der Waals surface area contributed by atoms with E-state index in [1.54, 1.807) is 6.07 Å². The molecule has 2 aromatic rings. The number of carbonyl (C=O) groups is 1. The molecule has 0 bridgehead atoms. The Labute approximate surface area is 126 Å². The molecule has 21 heavy (non-hydrogen) atoms. The number of halogens is 1. The van der Waals surface area contributed by atoms with Gasteiger partial charge in [0.25, 0.3) is 5.91 Å². The maximum atomic E-state index is 12.3. The maximum absolute atomic E-state index is 12.3. The highest BCUT2D eigenvalue weighted by Gasteiger charge is 2.23. The molecule has 0 radical (unpaired) electrons. The van der Waals surface area contributed by atoms with Crippen molar-refractivity contribution >= 4 is 28.9 Å².